The third-order valence-electron chi connectivity index (χ3n) is 3.49. The highest BCUT2D eigenvalue weighted by molar-refractivity contribution is 5.98. The summed E-state index contributed by atoms with van der Waals surface area (Å²) in [5, 5.41) is 8.88. The fourth-order valence-electron chi connectivity index (χ4n) is 2.43. The molecule has 0 bridgehead atoms. The van der Waals surface area contributed by atoms with Crippen LogP contribution in [-0.2, 0) is 17.8 Å². The summed E-state index contributed by atoms with van der Waals surface area (Å²) in [5.41, 5.74) is 2.33. The third-order valence-corrected chi connectivity index (χ3v) is 3.49. The Morgan fingerprint density at radius 3 is 2.67 bits per heavy atom. The number of aryl methyl sites for hydroxylation is 2. The smallest absolute Gasteiger partial charge is 0.305 e. The normalized spacial score (nSPS) is 11.0. The molecule has 0 unspecified atom stereocenters. The first-order chi connectivity index (χ1) is 10.1. The number of carbonyl (C=O) groups excluding carboxylic acids is 1. The van der Waals surface area contributed by atoms with Gasteiger partial charge in [0.05, 0.1) is 17.5 Å². The summed E-state index contributed by atoms with van der Waals surface area (Å²) < 4.78 is 1.95. The maximum Gasteiger partial charge on any atom is 0.305 e. The van der Waals surface area contributed by atoms with Gasteiger partial charge >= 0.3 is 5.97 Å². The van der Waals surface area contributed by atoms with E-state index in [1.165, 1.54) is 0 Å². The SMILES string of the molecule is CCCc1nc2cc(C(=O)CC)ccc2n1CCC(=O)O. The van der Waals surface area contributed by atoms with Gasteiger partial charge in [0.15, 0.2) is 5.78 Å². The molecule has 0 aliphatic heterocycles. The highest BCUT2D eigenvalue weighted by Crippen LogP contribution is 2.20. The van der Waals surface area contributed by atoms with Gasteiger partial charge in [-0.05, 0) is 24.6 Å². The van der Waals surface area contributed by atoms with Crippen LogP contribution in [0.3, 0.4) is 0 Å². The predicted octanol–water partition coefficient (Wildman–Crippen LogP) is 3.06. The molecule has 0 saturated heterocycles. The standard InChI is InChI=1S/C16H20N2O3/c1-3-5-15-17-12-10-11(14(19)4-2)6-7-13(12)18(15)9-8-16(20)21/h6-7,10H,3-5,8-9H2,1-2H3,(H,20,21). The molecule has 21 heavy (non-hydrogen) atoms. The number of carbonyl (C=O) groups is 2. The van der Waals surface area contributed by atoms with Crippen LogP contribution in [-0.4, -0.2) is 26.4 Å². The number of imidazole rings is 1. The number of carboxylic acid groups (broad SMARTS) is 1. The molecule has 2 rings (SSSR count). The lowest BCUT2D eigenvalue weighted by Gasteiger charge is -2.07. The Morgan fingerprint density at radius 1 is 1.29 bits per heavy atom. The molecule has 1 aromatic carbocycles. The van der Waals surface area contributed by atoms with Crippen molar-refractivity contribution in [2.75, 3.05) is 0 Å². The first kappa shape index (κ1) is 15.2. The lowest BCUT2D eigenvalue weighted by molar-refractivity contribution is -0.137. The van der Waals surface area contributed by atoms with Crippen molar-refractivity contribution in [3.63, 3.8) is 0 Å². The van der Waals surface area contributed by atoms with Crippen molar-refractivity contribution in [2.24, 2.45) is 0 Å². The minimum atomic E-state index is -0.822. The first-order valence-corrected chi connectivity index (χ1v) is 7.31. The number of ketones is 1. The van der Waals surface area contributed by atoms with Crippen LogP contribution in [0.1, 0.15) is 49.3 Å². The second-order valence-corrected chi connectivity index (χ2v) is 5.05. The van der Waals surface area contributed by atoms with Crippen molar-refractivity contribution in [3.05, 3.63) is 29.6 Å². The molecular formula is C16H20N2O3. The number of nitrogens with zero attached hydrogens (tertiary/aromatic N) is 2. The molecule has 2 aromatic rings. The molecule has 0 amide bonds. The van der Waals surface area contributed by atoms with Crippen molar-refractivity contribution in [1.29, 1.82) is 0 Å². The lowest BCUT2D eigenvalue weighted by atomic mass is 10.1. The fourth-order valence-corrected chi connectivity index (χ4v) is 2.43. The lowest BCUT2D eigenvalue weighted by Crippen LogP contribution is -2.08. The van der Waals surface area contributed by atoms with Gasteiger partial charge in [0.25, 0.3) is 0 Å². The molecule has 0 spiro atoms. The van der Waals surface area contributed by atoms with E-state index in [-0.39, 0.29) is 12.2 Å². The Labute approximate surface area is 123 Å². The highest BCUT2D eigenvalue weighted by Gasteiger charge is 2.13. The third kappa shape index (κ3) is 3.29. The summed E-state index contributed by atoms with van der Waals surface area (Å²) in [6.45, 7) is 4.30. The van der Waals surface area contributed by atoms with Gasteiger partial charge in [-0.3, -0.25) is 9.59 Å². The maximum absolute atomic E-state index is 11.8. The molecule has 1 N–H and O–H groups in total. The zero-order chi connectivity index (χ0) is 15.4. The number of benzene rings is 1. The van der Waals surface area contributed by atoms with Gasteiger partial charge in [-0.25, -0.2) is 4.98 Å². The van der Waals surface area contributed by atoms with Gasteiger partial charge in [0.2, 0.25) is 0 Å². The average Bonchev–Trinajstić information content (AvgIpc) is 2.81. The van der Waals surface area contributed by atoms with E-state index in [2.05, 4.69) is 11.9 Å². The van der Waals surface area contributed by atoms with Crippen LogP contribution in [0.2, 0.25) is 0 Å². The number of carboxylic acids is 1. The Balaban J connectivity index is 2.46. The number of aliphatic carboxylic acids is 1. The second kappa shape index (κ2) is 6.52. The van der Waals surface area contributed by atoms with Crippen LogP contribution in [0.4, 0.5) is 0 Å². The van der Waals surface area contributed by atoms with Crippen molar-refractivity contribution < 1.29 is 14.7 Å². The minimum Gasteiger partial charge on any atom is -0.481 e. The Hall–Kier alpha value is -2.17. The van der Waals surface area contributed by atoms with E-state index in [0.29, 0.717) is 18.5 Å². The number of hydrogen-bond donors (Lipinski definition) is 1. The van der Waals surface area contributed by atoms with Gasteiger partial charge in [0.1, 0.15) is 5.82 Å². The summed E-state index contributed by atoms with van der Waals surface area (Å²) in [6.07, 6.45) is 2.27. The highest BCUT2D eigenvalue weighted by atomic mass is 16.4. The Kier molecular flexibility index (Phi) is 4.73. The van der Waals surface area contributed by atoms with E-state index < -0.39 is 5.97 Å². The quantitative estimate of drug-likeness (QED) is 0.795. The fraction of sp³-hybridized carbons (Fsp3) is 0.438. The first-order valence-electron chi connectivity index (χ1n) is 7.31. The summed E-state index contributed by atoms with van der Waals surface area (Å²) in [5.74, 6) is 0.154. The zero-order valence-electron chi connectivity index (χ0n) is 12.4. The summed E-state index contributed by atoms with van der Waals surface area (Å²) in [4.78, 5) is 27.2. The van der Waals surface area contributed by atoms with E-state index in [1.54, 1.807) is 12.1 Å². The molecule has 0 radical (unpaired) electrons. The van der Waals surface area contributed by atoms with Gasteiger partial charge in [-0.15, -0.1) is 0 Å². The van der Waals surface area contributed by atoms with Crippen molar-refractivity contribution >= 4 is 22.8 Å². The minimum absolute atomic E-state index is 0.0673. The molecule has 1 heterocycles. The summed E-state index contributed by atoms with van der Waals surface area (Å²) in [7, 11) is 0. The largest absolute Gasteiger partial charge is 0.481 e. The van der Waals surface area contributed by atoms with Gasteiger partial charge in [-0.2, -0.15) is 0 Å². The number of rotatable bonds is 7. The van der Waals surface area contributed by atoms with Crippen LogP contribution < -0.4 is 0 Å². The van der Waals surface area contributed by atoms with E-state index in [4.69, 9.17) is 5.11 Å². The number of fused-ring (bicyclic) bond motifs is 1. The van der Waals surface area contributed by atoms with Gasteiger partial charge in [0, 0.05) is 24.9 Å². The van der Waals surface area contributed by atoms with Crippen LogP contribution in [0, 0.1) is 0 Å². The van der Waals surface area contributed by atoms with Crippen molar-refractivity contribution in [2.45, 2.75) is 46.1 Å². The molecule has 0 aliphatic carbocycles. The topological polar surface area (TPSA) is 72.2 Å². The van der Waals surface area contributed by atoms with Crippen LogP contribution in [0.25, 0.3) is 11.0 Å². The Morgan fingerprint density at radius 2 is 2.05 bits per heavy atom. The number of aromatic nitrogens is 2. The summed E-state index contributed by atoms with van der Waals surface area (Å²) >= 11 is 0. The zero-order valence-corrected chi connectivity index (χ0v) is 12.4. The second-order valence-electron chi connectivity index (χ2n) is 5.05. The maximum atomic E-state index is 11.8. The van der Waals surface area contributed by atoms with Crippen LogP contribution >= 0.6 is 0 Å². The Bertz CT molecular complexity index is 673. The van der Waals surface area contributed by atoms with E-state index in [0.717, 1.165) is 29.7 Å². The monoisotopic (exact) mass is 288 g/mol. The molecule has 1 aromatic heterocycles. The van der Waals surface area contributed by atoms with Gasteiger partial charge < -0.3 is 9.67 Å². The van der Waals surface area contributed by atoms with Crippen LogP contribution in [0.15, 0.2) is 18.2 Å². The van der Waals surface area contributed by atoms with Gasteiger partial charge in [-0.1, -0.05) is 13.8 Å². The van der Waals surface area contributed by atoms with Crippen molar-refractivity contribution in [3.8, 4) is 0 Å². The predicted molar refractivity (Wildman–Crippen MR) is 80.6 cm³/mol. The van der Waals surface area contributed by atoms with E-state index in [9.17, 15) is 9.59 Å². The number of hydrogen-bond acceptors (Lipinski definition) is 3. The van der Waals surface area contributed by atoms with E-state index in [1.807, 2.05) is 17.6 Å². The molecule has 0 saturated carbocycles. The van der Waals surface area contributed by atoms with E-state index >= 15 is 0 Å². The number of Topliss-reactive ketones (excluding diaryl/α,β-unsaturated/α-hetero) is 1. The van der Waals surface area contributed by atoms with Crippen molar-refractivity contribution in [1.82, 2.24) is 9.55 Å². The summed E-state index contributed by atoms with van der Waals surface area (Å²) in [6, 6.07) is 5.46. The average molecular weight is 288 g/mol. The molecule has 0 atom stereocenters. The molecule has 5 heteroatoms. The molecule has 112 valence electrons. The molecule has 5 nitrogen and oxygen atoms in total. The molecule has 0 aliphatic rings. The van der Waals surface area contributed by atoms with Crippen LogP contribution in [0.5, 0.6) is 0 Å². The molecule has 0 fully saturated rings. The molecular weight excluding hydrogens is 268 g/mol.